The second-order valence-electron chi connectivity index (χ2n) is 5.96. The summed E-state index contributed by atoms with van der Waals surface area (Å²) in [6.07, 6.45) is 1.59. The molecule has 0 radical (unpaired) electrons. The van der Waals surface area contributed by atoms with Crippen LogP contribution in [0.4, 0.5) is 0 Å². The Morgan fingerprint density at radius 1 is 1.21 bits per heavy atom. The van der Waals surface area contributed by atoms with E-state index >= 15 is 0 Å². The largest absolute Gasteiger partial charge is 0.356 e. The first-order chi connectivity index (χ1) is 11.6. The van der Waals surface area contributed by atoms with Crippen molar-refractivity contribution in [3.8, 4) is 0 Å². The van der Waals surface area contributed by atoms with Crippen molar-refractivity contribution in [1.82, 2.24) is 20.6 Å². The molecule has 24 heavy (non-hydrogen) atoms. The molecule has 7 nitrogen and oxygen atoms in total. The van der Waals surface area contributed by atoms with Crippen molar-refractivity contribution in [1.29, 1.82) is 0 Å². The van der Waals surface area contributed by atoms with Crippen LogP contribution in [-0.2, 0) is 17.6 Å². The van der Waals surface area contributed by atoms with E-state index in [2.05, 4.69) is 20.6 Å². The number of carbonyl (C=O) groups excluding carboxylic acids is 1. The number of benzene rings is 1. The van der Waals surface area contributed by atoms with Crippen LogP contribution in [0, 0.1) is 0 Å². The van der Waals surface area contributed by atoms with Gasteiger partial charge in [-0.1, -0.05) is 36.3 Å². The topological polar surface area (TPSA) is 94.1 Å². The minimum atomic E-state index is -0.0811. The third kappa shape index (κ3) is 3.79. The maximum absolute atomic E-state index is 12.0. The highest BCUT2D eigenvalue weighted by atomic mass is 16.5. The van der Waals surface area contributed by atoms with Crippen LogP contribution in [0.25, 0.3) is 11.0 Å². The lowest BCUT2D eigenvalue weighted by atomic mass is 10.1. The van der Waals surface area contributed by atoms with Gasteiger partial charge in [0.1, 0.15) is 5.69 Å². The number of fused-ring (bicyclic) bond motifs is 1. The van der Waals surface area contributed by atoms with Gasteiger partial charge in [0.2, 0.25) is 11.8 Å². The van der Waals surface area contributed by atoms with Gasteiger partial charge in [-0.15, -0.1) is 0 Å². The van der Waals surface area contributed by atoms with Gasteiger partial charge in [-0.25, -0.2) is 0 Å². The lowest BCUT2D eigenvalue weighted by molar-refractivity contribution is -0.120. The van der Waals surface area contributed by atoms with Crippen LogP contribution in [0.1, 0.15) is 43.6 Å². The number of nitrogens with zero attached hydrogens (tertiary/aromatic N) is 3. The molecule has 7 heteroatoms. The van der Waals surface area contributed by atoms with Gasteiger partial charge in [0.15, 0.2) is 11.4 Å². The molecule has 0 fully saturated rings. The van der Waals surface area contributed by atoms with Gasteiger partial charge in [0.05, 0.1) is 6.42 Å². The molecule has 0 saturated heterocycles. The summed E-state index contributed by atoms with van der Waals surface area (Å²) in [5.74, 6) is 1.49. The van der Waals surface area contributed by atoms with E-state index in [1.54, 1.807) is 0 Å². The predicted molar refractivity (Wildman–Crippen MR) is 87.4 cm³/mol. The highest BCUT2D eigenvalue weighted by molar-refractivity contribution is 5.86. The monoisotopic (exact) mass is 328 g/mol. The Morgan fingerprint density at radius 2 is 2.04 bits per heavy atom. The smallest absolute Gasteiger partial charge is 0.226 e. The molecule has 0 spiro atoms. The van der Waals surface area contributed by atoms with Crippen molar-refractivity contribution in [2.75, 3.05) is 6.54 Å². The molecule has 1 amide bonds. The average Bonchev–Trinajstić information content (AvgIpc) is 3.19. The van der Waals surface area contributed by atoms with Crippen LogP contribution in [-0.4, -0.2) is 27.7 Å². The fourth-order valence-corrected chi connectivity index (χ4v) is 2.35. The van der Waals surface area contributed by atoms with Crippen LogP contribution in [0.15, 0.2) is 33.3 Å². The van der Waals surface area contributed by atoms with E-state index in [9.17, 15) is 4.79 Å². The fraction of sp³-hybridized carbons (Fsp3) is 0.412. The van der Waals surface area contributed by atoms with Crippen molar-refractivity contribution in [2.24, 2.45) is 0 Å². The van der Waals surface area contributed by atoms with E-state index in [4.69, 9.17) is 9.05 Å². The quantitative estimate of drug-likeness (QED) is 0.670. The first-order valence-corrected chi connectivity index (χ1v) is 8.06. The number of carbonyl (C=O) groups is 1. The summed E-state index contributed by atoms with van der Waals surface area (Å²) in [7, 11) is 0. The molecule has 3 aromatic rings. The first-order valence-electron chi connectivity index (χ1n) is 8.06. The Kier molecular flexibility index (Phi) is 4.88. The minimum Gasteiger partial charge on any atom is -0.356 e. The molecule has 1 aromatic carbocycles. The van der Waals surface area contributed by atoms with Gasteiger partial charge in [0.25, 0.3) is 0 Å². The van der Waals surface area contributed by atoms with Crippen LogP contribution in [0.3, 0.4) is 0 Å². The average molecular weight is 328 g/mol. The van der Waals surface area contributed by atoms with Gasteiger partial charge in [-0.2, -0.15) is 4.98 Å². The van der Waals surface area contributed by atoms with E-state index in [1.807, 2.05) is 38.1 Å². The molecule has 0 unspecified atom stereocenters. The number of amides is 1. The number of aromatic nitrogens is 3. The number of nitrogens with one attached hydrogen (secondary N) is 1. The molecule has 0 bridgehead atoms. The fourth-order valence-electron chi connectivity index (χ4n) is 2.35. The SMILES string of the molecule is CC(C)c1noc(CCCNC(=O)Cc2noc3ccccc23)n1. The van der Waals surface area contributed by atoms with E-state index in [0.717, 1.165) is 11.8 Å². The molecule has 0 aliphatic carbocycles. The Bertz CT molecular complexity index is 822. The third-order valence-corrected chi connectivity index (χ3v) is 3.67. The van der Waals surface area contributed by atoms with Crippen molar-refractivity contribution < 1.29 is 13.8 Å². The zero-order valence-electron chi connectivity index (χ0n) is 13.8. The number of para-hydroxylation sites is 1. The van der Waals surface area contributed by atoms with Gasteiger partial charge in [-0.05, 0) is 18.6 Å². The molecule has 126 valence electrons. The summed E-state index contributed by atoms with van der Waals surface area (Å²) in [4.78, 5) is 16.3. The van der Waals surface area contributed by atoms with Gasteiger partial charge < -0.3 is 14.4 Å². The molecular formula is C17H20N4O3. The van der Waals surface area contributed by atoms with Gasteiger partial charge >= 0.3 is 0 Å². The van der Waals surface area contributed by atoms with E-state index in [1.165, 1.54) is 0 Å². The zero-order chi connectivity index (χ0) is 16.9. The summed E-state index contributed by atoms with van der Waals surface area (Å²) >= 11 is 0. The molecule has 3 rings (SSSR count). The molecule has 1 N–H and O–H groups in total. The second kappa shape index (κ2) is 7.25. The Balaban J connectivity index is 1.44. The van der Waals surface area contributed by atoms with Crippen molar-refractivity contribution in [3.63, 3.8) is 0 Å². The highest BCUT2D eigenvalue weighted by Gasteiger charge is 2.12. The van der Waals surface area contributed by atoms with Gasteiger partial charge in [-0.3, -0.25) is 4.79 Å². The van der Waals surface area contributed by atoms with Crippen LogP contribution in [0.5, 0.6) is 0 Å². The summed E-state index contributed by atoms with van der Waals surface area (Å²) in [6, 6.07) is 7.51. The molecule has 2 aromatic heterocycles. The molecule has 0 aliphatic heterocycles. The lowest BCUT2D eigenvalue weighted by Gasteiger charge is -2.02. The minimum absolute atomic E-state index is 0.0811. The van der Waals surface area contributed by atoms with E-state index in [-0.39, 0.29) is 18.2 Å². The van der Waals surface area contributed by atoms with Crippen molar-refractivity contribution in [2.45, 2.75) is 39.0 Å². The second-order valence-corrected chi connectivity index (χ2v) is 5.96. The van der Waals surface area contributed by atoms with Crippen LogP contribution < -0.4 is 5.32 Å². The summed E-state index contributed by atoms with van der Waals surface area (Å²) < 4.78 is 10.4. The van der Waals surface area contributed by atoms with Crippen LogP contribution >= 0.6 is 0 Å². The number of hydrogen-bond donors (Lipinski definition) is 1. The molecule has 0 saturated carbocycles. The van der Waals surface area contributed by atoms with Crippen molar-refractivity contribution >= 4 is 16.9 Å². The lowest BCUT2D eigenvalue weighted by Crippen LogP contribution is -2.26. The Hall–Kier alpha value is -2.70. The normalized spacial score (nSPS) is 11.3. The summed E-state index contributed by atoms with van der Waals surface area (Å²) in [5, 5.41) is 11.6. The molecule has 0 aliphatic rings. The first kappa shape index (κ1) is 16.2. The standard InChI is InChI=1S/C17H20N4O3/c1-11(2)17-19-16(24-21-17)8-5-9-18-15(22)10-13-12-6-3-4-7-14(12)23-20-13/h3-4,6-7,11H,5,8-10H2,1-2H3,(H,18,22). The number of rotatable bonds is 7. The highest BCUT2D eigenvalue weighted by Crippen LogP contribution is 2.18. The van der Waals surface area contributed by atoms with E-state index in [0.29, 0.717) is 36.0 Å². The molecule has 0 atom stereocenters. The Labute approximate surface area is 139 Å². The zero-order valence-corrected chi connectivity index (χ0v) is 13.8. The van der Waals surface area contributed by atoms with Crippen molar-refractivity contribution in [3.05, 3.63) is 41.7 Å². The molecular weight excluding hydrogens is 308 g/mol. The Morgan fingerprint density at radius 3 is 2.83 bits per heavy atom. The number of hydrogen-bond acceptors (Lipinski definition) is 6. The predicted octanol–water partition coefficient (Wildman–Crippen LogP) is 2.63. The van der Waals surface area contributed by atoms with Gasteiger partial charge in [0, 0.05) is 24.3 Å². The summed E-state index contributed by atoms with van der Waals surface area (Å²) in [6.45, 7) is 4.58. The maximum atomic E-state index is 12.0. The van der Waals surface area contributed by atoms with Crippen LogP contribution in [0.2, 0.25) is 0 Å². The third-order valence-electron chi connectivity index (χ3n) is 3.67. The molecule has 2 heterocycles. The van der Waals surface area contributed by atoms with E-state index < -0.39 is 0 Å². The maximum Gasteiger partial charge on any atom is 0.226 e. The summed E-state index contributed by atoms with van der Waals surface area (Å²) in [5.41, 5.74) is 1.35. The number of aryl methyl sites for hydroxylation is 1.